The molecular formula is C18H14OSSi2. The summed E-state index contributed by atoms with van der Waals surface area (Å²) in [7, 11) is 2.00. The van der Waals surface area contributed by atoms with Crippen LogP contribution in [0.15, 0.2) is 94.7 Å². The second kappa shape index (κ2) is 7.60. The summed E-state index contributed by atoms with van der Waals surface area (Å²) < 4.78 is 5.69. The first kappa shape index (κ1) is 15.3. The average molecular weight is 335 g/mol. The lowest BCUT2D eigenvalue weighted by Gasteiger charge is -2.17. The Balaban J connectivity index is 1.96. The number of hydrogen-bond donors (Lipinski definition) is 0. The fourth-order valence-electron chi connectivity index (χ4n) is 2.22. The highest BCUT2D eigenvalue weighted by Gasteiger charge is 2.20. The second-order valence-electron chi connectivity index (χ2n) is 4.71. The van der Waals surface area contributed by atoms with E-state index in [0.717, 1.165) is 0 Å². The van der Waals surface area contributed by atoms with E-state index in [1.807, 2.05) is 12.1 Å². The van der Waals surface area contributed by atoms with Crippen LogP contribution in [0.3, 0.4) is 0 Å². The summed E-state index contributed by atoms with van der Waals surface area (Å²) in [6.07, 6.45) is 0. The van der Waals surface area contributed by atoms with Gasteiger partial charge in [0.25, 0.3) is 9.04 Å². The van der Waals surface area contributed by atoms with E-state index in [1.165, 1.54) is 20.2 Å². The van der Waals surface area contributed by atoms with E-state index in [9.17, 15) is 0 Å². The molecule has 0 unspecified atom stereocenters. The molecule has 0 amide bonds. The third-order valence-electron chi connectivity index (χ3n) is 3.24. The standard InChI is InChI=1S/C18H14OSSi2/c21-19-22(16-11-5-2-6-12-16)18-14-8-7-13-17(18)20-15-9-3-1-4-10-15/h1-14H. The van der Waals surface area contributed by atoms with Gasteiger partial charge >= 0.3 is 0 Å². The summed E-state index contributed by atoms with van der Waals surface area (Å²) in [5.41, 5.74) is 0. The third kappa shape index (κ3) is 3.59. The zero-order valence-corrected chi connectivity index (χ0v) is 14.7. The minimum absolute atomic E-state index is 1.23. The number of benzene rings is 3. The van der Waals surface area contributed by atoms with Gasteiger partial charge in [0.15, 0.2) is 0 Å². The molecule has 0 saturated heterocycles. The molecule has 4 heteroatoms. The van der Waals surface area contributed by atoms with Gasteiger partial charge in [-0.25, -0.2) is 0 Å². The van der Waals surface area contributed by atoms with Crippen molar-refractivity contribution in [1.82, 2.24) is 0 Å². The molecule has 0 heterocycles. The normalized spacial score (nSPS) is 10.8. The van der Waals surface area contributed by atoms with E-state index in [2.05, 4.69) is 83.3 Å². The van der Waals surface area contributed by atoms with Crippen molar-refractivity contribution in [3.63, 3.8) is 0 Å². The molecule has 0 aliphatic carbocycles. The summed E-state index contributed by atoms with van der Waals surface area (Å²) in [5, 5.41) is 2.48. The lowest BCUT2D eigenvalue weighted by atomic mass is 10.4. The maximum Gasteiger partial charge on any atom is 0.272 e. The predicted octanol–water partition coefficient (Wildman–Crippen LogP) is 3.04. The lowest BCUT2D eigenvalue weighted by molar-refractivity contribution is 0.660. The quantitative estimate of drug-likeness (QED) is 0.663. The van der Waals surface area contributed by atoms with Gasteiger partial charge in [0.2, 0.25) is 10.5 Å². The van der Waals surface area contributed by atoms with Crippen LogP contribution in [0.2, 0.25) is 0 Å². The zero-order chi connectivity index (χ0) is 15.2. The molecule has 0 fully saturated rings. The molecule has 3 aromatic carbocycles. The SMILES string of the molecule is [Si]O[Si](c1ccccc1)c1ccccc1Sc1ccccc1. The van der Waals surface area contributed by atoms with Crippen LogP contribution in [0.1, 0.15) is 0 Å². The molecule has 22 heavy (non-hydrogen) atoms. The molecule has 0 aromatic heterocycles. The zero-order valence-electron chi connectivity index (χ0n) is 11.9. The first-order valence-corrected chi connectivity index (χ1v) is 9.60. The van der Waals surface area contributed by atoms with E-state index in [0.29, 0.717) is 0 Å². The second-order valence-corrected chi connectivity index (χ2v) is 8.41. The summed E-state index contributed by atoms with van der Waals surface area (Å²) in [6.45, 7) is 0. The molecule has 1 nitrogen and oxygen atoms in total. The van der Waals surface area contributed by atoms with Gasteiger partial charge in [-0.05, 0) is 28.6 Å². The van der Waals surface area contributed by atoms with Crippen LogP contribution < -0.4 is 10.4 Å². The Labute approximate surface area is 140 Å². The van der Waals surface area contributed by atoms with Crippen molar-refractivity contribution in [2.45, 2.75) is 9.79 Å². The van der Waals surface area contributed by atoms with Gasteiger partial charge in [-0.15, -0.1) is 0 Å². The summed E-state index contributed by atoms with van der Waals surface area (Å²) in [4.78, 5) is 2.48. The Kier molecular flexibility index (Phi) is 5.29. The monoisotopic (exact) mass is 334 g/mol. The Morgan fingerprint density at radius 2 is 1.32 bits per heavy atom. The van der Waals surface area contributed by atoms with Crippen molar-refractivity contribution in [2.24, 2.45) is 0 Å². The van der Waals surface area contributed by atoms with Crippen LogP contribution in [0.4, 0.5) is 0 Å². The van der Waals surface area contributed by atoms with Crippen molar-refractivity contribution < 1.29 is 4.12 Å². The van der Waals surface area contributed by atoms with Crippen molar-refractivity contribution >= 4 is 41.7 Å². The van der Waals surface area contributed by atoms with Crippen molar-refractivity contribution in [1.29, 1.82) is 0 Å². The van der Waals surface area contributed by atoms with Crippen LogP contribution in [0, 0.1) is 0 Å². The van der Waals surface area contributed by atoms with E-state index >= 15 is 0 Å². The highest BCUT2D eigenvalue weighted by Crippen LogP contribution is 2.26. The topological polar surface area (TPSA) is 9.23 Å². The molecular weight excluding hydrogens is 320 g/mol. The van der Waals surface area contributed by atoms with Crippen LogP contribution in [0.5, 0.6) is 0 Å². The van der Waals surface area contributed by atoms with E-state index in [4.69, 9.17) is 4.12 Å². The van der Waals surface area contributed by atoms with Crippen molar-refractivity contribution in [2.75, 3.05) is 0 Å². The summed E-state index contributed by atoms with van der Waals surface area (Å²) in [5.74, 6) is 0. The molecule has 3 rings (SSSR count). The minimum Gasteiger partial charge on any atom is -0.450 e. The van der Waals surface area contributed by atoms with Crippen molar-refractivity contribution in [3.8, 4) is 0 Å². The van der Waals surface area contributed by atoms with Crippen LogP contribution >= 0.6 is 11.8 Å². The van der Waals surface area contributed by atoms with Gasteiger partial charge < -0.3 is 4.12 Å². The van der Waals surface area contributed by atoms with E-state index < -0.39 is 9.04 Å². The van der Waals surface area contributed by atoms with Crippen LogP contribution in [-0.2, 0) is 4.12 Å². The van der Waals surface area contributed by atoms with Gasteiger partial charge in [0, 0.05) is 9.79 Å². The van der Waals surface area contributed by atoms with Crippen molar-refractivity contribution in [3.05, 3.63) is 84.9 Å². The Morgan fingerprint density at radius 3 is 2.00 bits per heavy atom. The van der Waals surface area contributed by atoms with Gasteiger partial charge in [0.05, 0.1) is 0 Å². The predicted molar refractivity (Wildman–Crippen MR) is 95.3 cm³/mol. The Morgan fingerprint density at radius 1 is 0.727 bits per heavy atom. The maximum atomic E-state index is 5.69. The fourth-order valence-corrected chi connectivity index (χ4v) is 5.79. The minimum atomic E-state index is -1.30. The maximum absolute atomic E-state index is 5.69. The molecule has 0 bridgehead atoms. The van der Waals surface area contributed by atoms with Gasteiger partial charge in [-0.2, -0.15) is 0 Å². The van der Waals surface area contributed by atoms with Crippen LogP contribution in [-0.4, -0.2) is 19.5 Å². The average Bonchev–Trinajstić information content (AvgIpc) is 2.59. The fraction of sp³-hybridized carbons (Fsp3) is 0. The number of rotatable bonds is 5. The molecule has 0 saturated carbocycles. The molecule has 0 spiro atoms. The molecule has 0 atom stereocenters. The molecule has 4 radical (unpaired) electrons. The number of hydrogen-bond acceptors (Lipinski definition) is 2. The summed E-state index contributed by atoms with van der Waals surface area (Å²) in [6, 6.07) is 29.3. The van der Waals surface area contributed by atoms with Crippen LogP contribution in [0.25, 0.3) is 0 Å². The Bertz CT molecular complexity index is 719. The summed E-state index contributed by atoms with van der Waals surface area (Å²) >= 11 is 1.78. The highest BCUT2D eigenvalue weighted by atomic mass is 32.2. The Hall–Kier alpha value is -1.60. The molecule has 3 aromatic rings. The largest absolute Gasteiger partial charge is 0.450 e. The first-order valence-electron chi connectivity index (χ1n) is 6.97. The first-order chi connectivity index (χ1) is 10.9. The van der Waals surface area contributed by atoms with E-state index in [-0.39, 0.29) is 0 Å². The molecule has 0 aliphatic heterocycles. The lowest BCUT2D eigenvalue weighted by Crippen LogP contribution is -2.45. The third-order valence-corrected chi connectivity index (χ3v) is 7.11. The van der Waals surface area contributed by atoms with Gasteiger partial charge in [0.1, 0.15) is 0 Å². The highest BCUT2D eigenvalue weighted by molar-refractivity contribution is 7.99. The molecule has 106 valence electrons. The molecule has 0 N–H and O–H groups in total. The molecule has 0 aliphatic rings. The smallest absolute Gasteiger partial charge is 0.272 e. The van der Waals surface area contributed by atoms with E-state index in [1.54, 1.807) is 11.8 Å². The van der Waals surface area contributed by atoms with Gasteiger partial charge in [-0.3, -0.25) is 0 Å². The van der Waals surface area contributed by atoms with Gasteiger partial charge in [-0.1, -0.05) is 78.5 Å².